The summed E-state index contributed by atoms with van der Waals surface area (Å²) in [6, 6.07) is 8.17. The Morgan fingerprint density at radius 3 is 2.67 bits per heavy atom. The first-order valence-electron chi connectivity index (χ1n) is 5.01. The number of benzene rings is 1. The highest BCUT2D eigenvalue weighted by Gasteiger charge is 2.01. The lowest BCUT2D eigenvalue weighted by Crippen LogP contribution is -1.93. The zero-order valence-corrected chi connectivity index (χ0v) is 9.04. The van der Waals surface area contributed by atoms with Crippen molar-refractivity contribution < 1.29 is 0 Å². The third kappa shape index (κ3) is 2.18. The summed E-state index contributed by atoms with van der Waals surface area (Å²) in [6.45, 7) is 4.03. The molecule has 0 radical (unpaired) electrons. The van der Waals surface area contributed by atoms with E-state index in [1.165, 1.54) is 5.56 Å². The van der Waals surface area contributed by atoms with Crippen LogP contribution in [0, 0.1) is 13.8 Å². The van der Waals surface area contributed by atoms with Gasteiger partial charge < -0.3 is 5.73 Å². The normalized spacial score (nSPS) is 10.5. The minimum atomic E-state index is 0.844. The molecular formula is C12H15N3. The number of H-pyrrole nitrogens is 1. The van der Waals surface area contributed by atoms with Crippen molar-refractivity contribution in [1.29, 1.82) is 0 Å². The topological polar surface area (TPSA) is 54.7 Å². The van der Waals surface area contributed by atoms with Crippen molar-refractivity contribution in [2.45, 2.75) is 20.3 Å². The maximum Gasteiger partial charge on any atom is 0.0668 e. The molecule has 0 aliphatic heterocycles. The largest absolute Gasteiger partial charge is 0.399 e. The van der Waals surface area contributed by atoms with Crippen LogP contribution in [0.3, 0.4) is 0 Å². The average molecular weight is 201 g/mol. The van der Waals surface area contributed by atoms with Crippen molar-refractivity contribution in [2.75, 3.05) is 5.73 Å². The first-order chi connectivity index (χ1) is 7.15. The molecule has 0 unspecified atom stereocenters. The smallest absolute Gasteiger partial charge is 0.0668 e. The minimum Gasteiger partial charge on any atom is -0.399 e. The number of hydrogen-bond acceptors (Lipinski definition) is 2. The van der Waals surface area contributed by atoms with E-state index in [0.29, 0.717) is 0 Å². The molecule has 1 heterocycles. The van der Waals surface area contributed by atoms with Gasteiger partial charge in [-0.05, 0) is 37.1 Å². The molecule has 2 aromatic rings. The van der Waals surface area contributed by atoms with Gasteiger partial charge in [0.05, 0.1) is 5.69 Å². The molecule has 3 N–H and O–H groups in total. The predicted octanol–water partition coefficient (Wildman–Crippen LogP) is 2.20. The molecular weight excluding hydrogens is 186 g/mol. The number of aryl methyl sites for hydroxylation is 2. The molecule has 15 heavy (non-hydrogen) atoms. The summed E-state index contributed by atoms with van der Waals surface area (Å²) in [4.78, 5) is 0. The number of nitrogens with zero attached hydrogens (tertiary/aromatic N) is 1. The third-order valence-corrected chi connectivity index (χ3v) is 2.48. The van der Waals surface area contributed by atoms with Gasteiger partial charge in [-0.2, -0.15) is 5.10 Å². The number of nitrogens with one attached hydrogen (secondary N) is 1. The minimum absolute atomic E-state index is 0.844. The Morgan fingerprint density at radius 2 is 2.07 bits per heavy atom. The van der Waals surface area contributed by atoms with Crippen molar-refractivity contribution in [3.8, 4) is 0 Å². The molecule has 2 rings (SSSR count). The Balaban J connectivity index is 2.21. The number of hydrogen-bond donors (Lipinski definition) is 2. The summed E-state index contributed by atoms with van der Waals surface area (Å²) >= 11 is 0. The van der Waals surface area contributed by atoms with Crippen LogP contribution in [-0.2, 0) is 6.42 Å². The molecule has 0 saturated carbocycles. The summed E-state index contributed by atoms with van der Waals surface area (Å²) in [6.07, 6.45) is 0.853. The maximum atomic E-state index is 5.76. The number of rotatable bonds is 2. The molecule has 3 nitrogen and oxygen atoms in total. The third-order valence-electron chi connectivity index (χ3n) is 2.48. The van der Waals surface area contributed by atoms with Crippen molar-refractivity contribution >= 4 is 5.69 Å². The lowest BCUT2D eigenvalue weighted by atomic mass is 10.1. The van der Waals surface area contributed by atoms with E-state index in [0.717, 1.165) is 29.1 Å². The molecule has 0 aliphatic rings. The highest BCUT2D eigenvalue weighted by atomic mass is 15.1. The fourth-order valence-electron chi connectivity index (χ4n) is 1.62. The van der Waals surface area contributed by atoms with E-state index in [-0.39, 0.29) is 0 Å². The molecule has 0 atom stereocenters. The summed E-state index contributed by atoms with van der Waals surface area (Å²) < 4.78 is 0. The van der Waals surface area contributed by atoms with E-state index in [1.54, 1.807) is 0 Å². The SMILES string of the molecule is Cc1cc(Cc2ccc(N)c(C)c2)n[nH]1. The first kappa shape index (κ1) is 9.77. The Bertz CT molecular complexity index is 471. The Kier molecular flexibility index (Phi) is 2.46. The van der Waals surface area contributed by atoms with Gasteiger partial charge in [-0.3, -0.25) is 5.10 Å². The quantitative estimate of drug-likeness (QED) is 0.732. The van der Waals surface area contributed by atoms with Crippen molar-refractivity contribution in [3.05, 3.63) is 46.8 Å². The molecule has 0 spiro atoms. The van der Waals surface area contributed by atoms with Crippen LogP contribution in [0.15, 0.2) is 24.3 Å². The van der Waals surface area contributed by atoms with Gasteiger partial charge in [-0.1, -0.05) is 12.1 Å². The van der Waals surface area contributed by atoms with Crippen LogP contribution in [0.1, 0.15) is 22.5 Å². The zero-order valence-electron chi connectivity index (χ0n) is 9.04. The van der Waals surface area contributed by atoms with Crippen molar-refractivity contribution in [3.63, 3.8) is 0 Å². The number of nitrogen functional groups attached to an aromatic ring is 1. The van der Waals surface area contributed by atoms with Crippen LogP contribution in [0.5, 0.6) is 0 Å². The fourth-order valence-corrected chi connectivity index (χ4v) is 1.62. The van der Waals surface area contributed by atoms with Gasteiger partial charge in [0.15, 0.2) is 0 Å². The lowest BCUT2D eigenvalue weighted by molar-refractivity contribution is 0.979. The Labute approximate surface area is 89.3 Å². The van der Waals surface area contributed by atoms with Crippen molar-refractivity contribution in [1.82, 2.24) is 10.2 Å². The van der Waals surface area contributed by atoms with Crippen LogP contribution in [0.4, 0.5) is 5.69 Å². The molecule has 3 heteroatoms. The Morgan fingerprint density at radius 1 is 1.27 bits per heavy atom. The first-order valence-corrected chi connectivity index (χ1v) is 5.01. The Hall–Kier alpha value is -1.77. The maximum absolute atomic E-state index is 5.76. The number of nitrogens with two attached hydrogens (primary N) is 1. The van der Waals surface area contributed by atoms with Crippen LogP contribution < -0.4 is 5.73 Å². The van der Waals surface area contributed by atoms with Gasteiger partial charge in [-0.15, -0.1) is 0 Å². The molecule has 0 aliphatic carbocycles. The monoisotopic (exact) mass is 201 g/mol. The van der Waals surface area contributed by atoms with Crippen molar-refractivity contribution in [2.24, 2.45) is 0 Å². The summed E-state index contributed by atoms with van der Waals surface area (Å²) in [5.41, 5.74) is 11.1. The van der Waals surface area contributed by atoms with E-state index in [9.17, 15) is 0 Å². The molecule has 0 fully saturated rings. The highest BCUT2D eigenvalue weighted by Crippen LogP contribution is 2.15. The summed E-state index contributed by atoms with van der Waals surface area (Å²) in [5.74, 6) is 0. The molecule has 0 saturated heterocycles. The van der Waals surface area contributed by atoms with Gasteiger partial charge in [0.25, 0.3) is 0 Å². The molecule has 0 bridgehead atoms. The van der Waals surface area contributed by atoms with Gasteiger partial charge in [-0.25, -0.2) is 0 Å². The van der Waals surface area contributed by atoms with Gasteiger partial charge >= 0.3 is 0 Å². The lowest BCUT2D eigenvalue weighted by Gasteiger charge is -2.03. The molecule has 78 valence electrons. The van der Waals surface area contributed by atoms with E-state index in [1.807, 2.05) is 26.0 Å². The van der Waals surface area contributed by atoms with Crippen LogP contribution in [0.25, 0.3) is 0 Å². The van der Waals surface area contributed by atoms with Crippen LogP contribution in [-0.4, -0.2) is 10.2 Å². The standard InChI is InChI=1S/C12H15N3/c1-8-5-10(3-4-12(8)13)7-11-6-9(2)14-15-11/h3-6H,7,13H2,1-2H3,(H,14,15). The summed E-state index contributed by atoms with van der Waals surface area (Å²) in [5, 5.41) is 7.15. The van der Waals surface area contributed by atoms with Gasteiger partial charge in [0.2, 0.25) is 0 Å². The van der Waals surface area contributed by atoms with E-state index < -0.39 is 0 Å². The van der Waals surface area contributed by atoms with Crippen LogP contribution in [0.2, 0.25) is 0 Å². The second-order valence-corrected chi connectivity index (χ2v) is 3.91. The zero-order chi connectivity index (χ0) is 10.8. The van der Waals surface area contributed by atoms with Crippen LogP contribution >= 0.6 is 0 Å². The van der Waals surface area contributed by atoms with E-state index in [4.69, 9.17) is 5.73 Å². The second-order valence-electron chi connectivity index (χ2n) is 3.91. The molecule has 0 amide bonds. The highest BCUT2D eigenvalue weighted by molar-refractivity contribution is 5.48. The number of anilines is 1. The number of aromatic nitrogens is 2. The second kappa shape index (κ2) is 3.77. The van der Waals surface area contributed by atoms with Gasteiger partial charge in [0.1, 0.15) is 0 Å². The molecule has 1 aromatic heterocycles. The van der Waals surface area contributed by atoms with E-state index in [2.05, 4.69) is 22.3 Å². The number of aromatic amines is 1. The predicted molar refractivity (Wildman–Crippen MR) is 61.7 cm³/mol. The van der Waals surface area contributed by atoms with E-state index >= 15 is 0 Å². The summed E-state index contributed by atoms with van der Waals surface area (Å²) in [7, 11) is 0. The molecule has 1 aromatic carbocycles. The average Bonchev–Trinajstić information content (AvgIpc) is 2.58. The fraction of sp³-hybridized carbons (Fsp3) is 0.250. The van der Waals surface area contributed by atoms with Gasteiger partial charge in [0, 0.05) is 17.8 Å².